The van der Waals surface area contributed by atoms with Crippen molar-refractivity contribution in [2.24, 2.45) is 5.73 Å². The van der Waals surface area contributed by atoms with Crippen molar-refractivity contribution in [1.82, 2.24) is 9.47 Å². The lowest BCUT2D eigenvalue weighted by Crippen LogP contribution is -2.37. The molecule has 6 heteroatoms. The van der Waals surface area contributed by atoms with Crippen molar-refractivity contribution in [3.05, 3.63) is 34.5 Å². The third-order valence-corrected chi connectivity index (χ3v) is 6.26. The number of amides is 1. The Kier molecular flexibility index (Phi) is 7.10. The number of primary amides is 1. The number of aromatic nitrogens is 1. The molecule has 1 saturated heterocycles. The smallest absolute Gasteiger partial charge is 0.251 e. The van der Waals surface area contributed by atoms with Crippen LogP contribution >= 0.6 is 11.3 Å². The molecule has 2 aromatic rings. The van der Waals surface area contributed by atoms with E-state index in [1.807, 2.05) is 13.0 Å². The molecule has 148 valence electrons. The third kappa shape index (κ3) is 4.62. The summed E-state index contributed by atoms with van der Waals surface area (Å²) in [6, 6.07) is 4.14. The predicted molar refractivity (Wildman–Crippen MR) is 111 cm³/mol. The standard InChI is InChI=1S/C21H31N3O2S/c1-3-4-7-17-20(18-8-5-15-27-18)19(21(22)25)16(2)24(17)10-6-9-23-11-13-26-14-12-23/h5,8,15H,3-4,6-7,9-14H2,1-2H3,(H2,22,25). The fraction of sp³-hybridized carbons (Fsp3) is 0.571. The summed E-state index contributed by atoms with van der Waals surface area (Å²) in [5.41, 5.74) is 9.86. The molecule has 1 fully saturated rings. The highest BCUT2D eigenvalue weighted by atomic mass is 32.1. The molecule has 2 aromatic heterocycles. The molecule has 0 aliphatic carbocycles. The van der Waals surface area contributed by atoms with Crippen LogP contribution in [0.2, 0.25) is 0 Å². The first-order valence-electron chi connectivity index (χ1n) is 9.99. The summed E-state index contributed by atoms with van der Waals surface area (Å²) in [6.07, 6.45) is 4.30. The second-order valence-electron chi connectivity index (χ2n) is 7.19. The fourth-order valence-corrected chi connectivity index (χ4v) is 4.77. The van der Waals surface area contributed by atoms with E-state index in [0.29, 0.717) is 5.56 Å². The normalized spacial score (nSPS) is 15.3. The maximum Gasteiger partial charge on any atom is 0.251 e. The van der Waals surface area contributed by atoms with Gasteiger partial charge >= 0.3 is 0 Å². The van der Waals surface area contributed by atoms with Gasteiger partial charge in [0.15, 0.2) is 0 Å². The zero-order valence-corrected chi connectivity index (χ0v) is 17.3. The average molecular weight is 390 g/mol. The molecule has 1 aliphatic rings. The number of rotatable bonds is 9. The van der Waals surface area contributed by atoms with Crippen LogP contribution in [0.15, 0.2) is 17.5 Å². The first-order valence-corrected chi connectivity index (χ1v) is 10.9. The van der Waals surface area contributed by atoms with Gasteiger partial charge < -0.3 is 15.0 Å². The van der Waals surface area contributed by atoms with Gasteiger partial charge in [-0.1, -0.05) is 19.4 Å². The highest BCUT2D eigenvalue weighted by molar-refractivity contribution is 7.13. The second-order valence-corrected chi connectivity index (χ2v) is 8.13. The van der Waals surface area contributed by atoms with E-state index >= 15 is 0 Å². The number of unbranched alkanes of at least 4 members (excludes halogenated alkanes) is 1. The van der Waals surface area contributed by atoms with Crippen LogP contribution in [0.1, 0.15) is 47.9 Å². The van der Waals surface area contributed by atoms with E-state index in [4.69, 9.17) is 10.5 Å². The quantitative estimate of drug-likeness (QED) is 0.711. The minimum Gasteiger partial charge on any atom is -0.379 e. The lowest BCUT2D eigenvalue weighted by molar-refractivity contribution is 0.0369. The van der Waals surface area contributed by atoms with E-state index in [2.05, 4.69) is 27.8 Å². The molecule has 0 atom stereocenters. The predicted octanol–water partition coefficient (Wildman–Crippen LogP) is 3.69. The molecule has 0 spiro atoms. The number of hydrogen-bond donors (Lipinski definition) is 1. The summed E-state index contributed by atoms with van der Waals surface area (Å²) >= 11 is 1.68. The van der Waals surface area contributed by atoms with Gasteiger partial charge in [-0.25, -0.2) is 0 Å². The van der Waals surface area contributed by atoms with Crippen LogP contribution in [0, 0.1) is 6.92 Å². The Morgan fingerprint density at radius 2 is 2.04 bits per heavy atom. The lowest BCUT2D eigenvalue weighted by Gasteiger charge is -2.26. The molecule has 0 aromatic carbocycles. The first-order chi connectivity index (χ1) is 13.1. The van der Waals surface area contributed by atoms with E-state index in [1.165, 1.54) is 5.69 Å². The molecule has 2 N–H and O–H groups in total. The Bertz CT molecular complexity index is 746. The monoisotopic (exact) mass is 389 g/mol. The van der Waals surface area contributed by atoms with Crippen molar-refractivity contribution >= 4 is 17.2 Å². The number of carbonyl (C=O) groups is 1. The first kappa shape index (κ1) is 20.1. The summed E-state index contributed by atoms with van der Waals surface area (Å²) in [7, 11) is 0. The van der Waals surface area contributed by atoms with Gasteiger partial charge in [0.2, 0.25) is 0 Å². The summed E-state index contributed by atoms with van der Waals surface area (Å²) in [4.78, 5) is 15.9. The van der Waals surface area contributed by atoms with Crippen LogP contribution in [0.5, 0.6) is 0 Å². The molecule has 0 saturated carbocycles. The Labute approximate surface area is 166 Å². The number of carbonyl (C=O) groups excluding carboxylic acids is 1. The van der Waals surface area contributed by atoms with E-state index < -0.39 is 0 Å². The van der Waals surface area contributed by atoms with E-state index in [9.17, 15) is 4.79 Å². The minimum absolute atomic E-state index is 0.319. The van der Waals surface area contributed by atoms with E-state index in [1.54, 1.807) is 11.3 Å². The van der Waals surface area contributed by atoms with Crippen LogP contribution in [0.25, 0.3) is 10.4 Å². The number of ether oxygens (including phenoxy) is 1. The van der Waals surface area contributed by atoms with Crippen molar-refractivity contribution in [2.75, 3.05) is 32.8 Å². The molecule has 1 aliphatic heterocycles. The van der Waals surface area contributed by atoms with Crippen molar-refractivity contribution in [2.45, 2.75) is 46.1 Å². The molecule has 0 unspecified atom stereocenters. The van der Waals surface area contributed by atoms with Crippen LogP contribution in [-0.2, 0) is 17.7 Å². The van der Waals surface area contributed by atoms with Gasteiger partial charge in [0, 0.05) is 48.0 Å². The van der Waals surface area contributed by atoms with E-state index in [-0.39, 0.29) is 5.91 Å². The maximum atomic E-state index is 12.3. The van der Waals surface area contributed by atoms with Gasteiger partial charge in [-0.2, -0.15) is 0 Å². The zero-order chi connectivity index (χ0) is 19.2. The summed E-state index contributed by atoms with van der Waals surface area (Å²) < 4.78 is 7.79. The SMILES string of the molecule is CCCCc1c(-c2cccs2)c(C(N)=O)c(C)n1CCCN1CCOCC1. The van der Waals surface area contributed by atoms with Gasteiger partial charge in [-0.3, -0.25) is 9.69 Å². The number of hydrogen-bond acceptors (Lipinski definition) is 4. The number of morpholine rings is 1. The number of nitrogens with two attached hydrogens (primary N) is 1. The van der Waals surface area contributed by atoms with Crippen LogP contribution < -0.4 is 5.73 Å². The van der Waals surface area contributed by atoms with Gasteiger partial charge in [-0.05, 0) is 37.6 Å². The Morgan fingerprint density at radius 1 is 1.26 bits per heavy atom. The van der Waals surface area contributed by atoms with Gasteiger partial charge in [0.1, 0.15) is 0 Å². The molecular formula is C21H31N3O2S. The van der Waals surface area contributed by atoms with Crippen molar-refractivity contribution in [3.8, 4) is 10.4 Å². The summed E-state index contributed by atoms with van der Waals surface area (Å²) in [5, 5.41) is 2.06. The Morgan fingerprint density at radius 3 is 2.67 bits per heavy atom. The molecular weight excluding hydrogens is 358 g/mol. The molecule has 5 nitrogen and oxygen atoms in total. The highest BCUT2D eigenvalue weighted by Gasteiger charge is 2.25. The lowest BCUT2D eigenvalue weighted by atomic mass is 10.0. The van der Waals surface area contributed by atoms with Gasteiger partial charge in [0.05, 0.1) is 18.8 Å². The topological polar surface area (TPSA) is 60.5 Å². The fourth-order valence-electron chi connectivity index (χ4n) is 3.97. The van der Waals surface area contributed by atoms with Gasteiger partial charge in [0.25, 0.3) is 5.91 Å². The Balaban J connectivity index is 1.88. The highest BCUT2D eigenvalue weighted by Crippen LogP contribution is 2.36. The summed E-state index contributed by atoms with van der Waals surface area (Å²) in [5.74, 6) is -0.319. The molecule has 1 amide bonds. The van der Waals surface area contributed by atoms with Crippen molar-refractivity contribution in [1.29, 1.82) is 0 Å². The largest absolute Gasteiger partial charge is 0.379 e. The van der Waals surface area contributed by atoms with Crippen molar-refractivity contribution < 1.29 is 9.53 Å². The van der Waals surface area contributed by atoms with Crippen molar-refractivity contribution in [3.63, 3.8) is 0 Å². The summed E-state index contributed by atoms with van der Waals surface area (Å²) in [6.45, 7) is 9.93. The number of nitrogens with zero attached hydrogens (tertiary/aromatic N) is 2. The third-order valence-electron chi connectivity index (χ3n) is 5.37. The number of thiophene rings is 1. The Hall–Kier alpha value is -1.63. The van der Waals surface area contributed by atoms with E-state index in [0.717, 1.165) is 81.2 Å². The molecule has 3 rings (SSSR count). The van der Waals surface area contributed by atoms with Crippen LogP contribution in [0.4, 0.5) is 0 Å². The molecule has 27 heavy (non-hydrogen) atoms. The maximum absolute atomic E-state index is 12.3. The zero-order valence-electron chi connectivity index (χ0n) is 16.5. The van der Waals surface area contributed by atoms with Crippen LogP contribution in [0.3, 0.4) is 0 Å². The molecule has 0 radical (unpaired) electrons. The molecule has 0 bridgehead atoms. The molecule has 3 heterocycles. The van der Waals surface area contributed by atoms with Crippen LogP contribution in [-0.4, -0.2) is 48.2 Å². The average Bonchev–Trinajstić information content (AvgIpc) is 3.28. The second kappa shape index (κ2) is 9.53. The van der Waals surface area contributed by atoms with Gasteiger partial charge in [-0.15, -0.1) is 11.3 Å². The minimum atomic E-state index is -0.319.